The largest absolute Gasteiger partial charge is 0.309 e. The molecule has 0 radical (unpaired) electrons. The molecule has 0 fully saturated rings. The fourth-order valence-corrected chi connectivity index (χ4v) is 8.95. The quantitative estimate of drug-likeness (QED) is 0.162. The van der Waals surface area contributed by atoms with Gasteiger partial charge >= 0.3 is 0 Å². The van der Waals surface area contributed by atoms with Crippen LogP contribution >= 0.6 is 0 Å². The number of rotatable bonds is 7. The third kappa shape index (κ3) is 5.84. The van der Waals surface area contributed by atoms with E-state index in [1.165, 1.54) is 21.8 Å². The Morgan fingerprint density at radius 2 is 0.705 bits per heavy atom. The molecule has 4 heterocycles. The van der Waals surface area contributed by atoms with Crippen LogP contribution in [0.4, 0.5) is 0 Å². The standard InChI is InChI=1S/C55H36N6/c1-3-17-43(18-4-1)60-52-28-13-9-24-48(52)57-54(60)39-30-38(31-40(32-39)55-58-49-25-10-14-29-53(49)61(55)44-19-5-2-6-20-44)42-33-41(35-56-36-42)37-16-15-21-45(34-37)59-50-26-11-7-22-46(50)47-23-8-12-27-51(47)59/h1-36H. The first-order valence-corrected chi connectivity index (χ1v) is 20.5. The van der Waals surface area contributed by atoms with E-state index in [1.807, 2.05) is 36.7 Å². The van der Waals surface area contributed by atoms with Crippen molar-refractivity contribution >= 4 is 43.9 Å². The third-order valence-corrected chi connectivity index (χ3v) is 11.7. The van der Waals surface area contributed by atoms with Crippen molar-refractivity contribution in [1.82, 2.24) is 28.7 Å². The predicted molar refractivity (Wildman–Crippen MR) is 250 cm³/mol. The molecule has 286 valence electrons. The molecule has 0 unspecified atom stereocenters. The molecule has 0 amide bonds. The zero-order chi connectivity index (χ0) is 40.3. The van der Waals surface area contributed by atoms with Gasteiger partial charge in [-0.15, -0.1) is 0 Å². The maximum absolute atomic E-state index is 5.31. The van der Waals surface area contributed by atoms with Gasteiger partial charge in [0.15, 0.2) is 0 Å². The highest BCUT2D eigenvalue weighted by Crippen LogP contribution is 2.39. The first-order valence-electron chi connectivity index (χ1n) is 20.5. The summed E-state index contributed by atoms with van der Waals surface area (Å²) in [6.45, 7) is 0. The first-order chi connectivity index (χ1) is 30.2. The molecule has 12 aromatic rings. The monoisotopic (exact) mass is 780 g/mol. The second-order valence-electron chi connectivity index (χ2n) is 15.4. The summed E-state index contributed by atoms with van der Waals surface area (Å²) in [5.74, 6) is 1.70. The van der Waals surface area contributed by atoms with Crippen molar-refractivity contribution in [3.05, 3.63) is 219 Å². The summed E-state index contributed by atoms with van der Waals surface area (Å²) in [6.07, 6.45) is 3.92. The number of benzene rings is 8. The van der Waals surface area contributed by atoms with Gasteiger partial charge in [-0.05, 0) is 108 Å². The van der Waals surface area contributed by atoms with Crippen molar-refractivity contribution in [3.8, 4) is 62.1 Å². The lowest BCUT2D eigenvalue weighted by molar-refractivity contribution is 1.09. The van der Waals surface area contributed by atoms with Gasteiger partial charge in [-0.3, -0.25) is 14.1 Å². The maximum Gasteiger partial charge on any atom is 0.145 e. The third-order valence-electron chi connectivity index (χ3n) is 11.7. The molecule has 8 aromatic carbocycles. The Morgan fingerprint density at radius 1 is 0.279 bits per heavy atom. The number of imidazole rings is 2. The molecule has 0 atom stereocenters. The van der Waals surface area contributed by atoms with Crippen LogP contribution in [0.15, 0.2) is 219 Å². The van der Waals surface area contributed by atoms with Gasteiger partial charge in [0.05, 0.1) is 33.1 Å². The highest BCUT2D eigenvalue weighted by atomic mass is 15.1. The molecule has 0 aliphatic carbocycles. The number of pyridine rings is 1. The van der Waals surface area contributed by atoms with Crippen LogP contribution in [0, 0.1) is 0 Å². The van der Waals surface area contributed by atoms with Crippen LogP contribution in [0.1, 0.15) is 0 Å². The van der Waals surface area contributed by atoms with Crippen molar-refractivity contribution in [2.24, 2.45) is 0 Å². The summed E-state index contributed by atoms with van der Waals surface area (Å²) in [6, 6.07) is 72.6. The molecular weight excluding hydrogens is 745 g/mol. The molecule has 61 heavy (non-hydrogen) atoms. The predicted octanol–water partition coefficient (Wildman–Crippen LogP) is 13.5. The first kappa shape index (κ1) is 34.7. The Balaban J connectivity index is 1.07. The molecule has 0 bridgehead atoms. The summed E-state index contributed by atoms with van der Waals surface area (Å²) in [5.41, 5.74) is 15.5. The van der Waals surface area contributed by atoms with Gasteiger partial charge in [0.1, 0.15) is 11.6 Å². The molecular formula is C55H36N6. The SMILES string of the molecule is c1ccc(-n2c(-c3cc(-c4cncc(-c5cccc(-n6c7ccccc7c7ccccc76)c5)c4)cc(-c4nc5ccccc5n4-c4ccccc4)c3)nc3ccccc32)cc1. The normalized spacial score (nSPS) is 11.6. The van der Waals surface area contributed by atoms with E-state index in [2.05, 4.69) is 196 Å². The number of nitrogens with zero attached hydrogens (tertiary/aromatic N) is 6. The molecule has 0 saturated carbocycles. The summed E-state index contributed by atoms with van der Waals surface area (Å²) in [4.78, 5) is 15.5. The molecule has 12 rings (SSSR count). The minimum absolute atomic E-state index is 0.848. The zero-order valence-corrected chi connectivity index (χ0v) is 33.0. The van der Waals surface area contributed by atoms with Crippen molar-refractivity contribution in [2.45, 2.75) is 0 Å². The molecule has 0 aliphatic rings. The molecule has 0 aliphatic heterocycles. The fraction of sp³-hybridized carbons (Fsp3) is 0. The van der Waals surface area contributed by atoms with Crippen molar-refractivity contribution < 1.29 is 0 Å². The lowest BCUT2D eigenvalue weighted by Crippen LogP contribution is -2.00. The molecule has 0 spiro atoms. The fourth-order valence-electron chi connectivity index (χ4n) is 8.95. The molecule has 4 aromatic heterocycles. The average Bonchev–Trinajstić information content (AvgIpc) is 4.03. The Bertz CT molecular complexity index is 3410. The molecule has 0 saturated heterocycles. The van der Waals surface area contributed by atoms with E-state index in [4.69, 9.17) is 15.0 Å². The zero-order valence-electron chi connectivity index (χ0n) is 33.0. The number of aromatic nitrogens is 6. The minimum Gasteiger partial charge on any atom is -0.309 e. The van der Waals surface area contributed by atoms with E-state index in [0.717, 1.165) is 84.2 Å². The van der Waals surface area contributed by atoms with E-state index in [9.17, 15) is 0 Å². The van der Waals surface area contributed by atoms with Crippen LogP contribution in [0.5, 0.6) is 0 Å². The van der Waals surface area contributed by atoms with Gasteiger partial charge in [-0.2, -0.15) is 0 Å². The highest BCUT2D eigenvalue weighted by molar-refractivity contribution is 6.09. The van der Waals surface area contributed by atoms with Crippen LogP contribution in [0.25, 0.3) is 106 Å². The summed E-state index contributed by atoms with van der Waals surface area (Å²) < 4.78 is 6.87. The summed E-state index contributed by atoms with van der Waals surface area (Å²) >= 11 is 0. The molecule has 0 N–H and O–H groups in total. The average molecular weight is 781 g/mol. The van der Waals surface area contributed by atoms with Crippen molar-refractivity contribution in [1.29, 1.82) is 0 Å². The topological polar surface area (TPSA) is 53.5 Å². The molecule has 6 heteroatoms. The Morgan fingerprint density at radius 3 is 1.26 bits per heavy atom. The van der Waals surface area contributed by atoms with Crippen LogP contribution in [-0.4, -0.2) is 28.7 Å². The van der Waals surface area contributed by atoms with Gasteiger partial charge in [0.2, 0.25) is 0 Å². The van der Waals surface area contributed by atoms with E-state index in [0.29, 0.717) is 0 Å². The Labute approximate surface area is 351 Å². The molecule has 6 nitrogen and oxygen atoms in total. The lowest BCUT2D eigenvalue weighted by Gasteiger charge is -2.15. The van der Waals surface area contributed by atoms with E-state index < -0.39 is 0 Å². The number of hydrogen-bond acceptors (Lipinski definition) is 3. The van der Waals surface area contributed by atoms with Gasteiger partial charge in [-0.1, -0.05) is 109 Å². The van der Waals surface area contributed by atoms with E-state index in [-0.39, 0.29) is 0 Å². The van der Waals surface area contributed by atoms with Crippen molar-refractivity contribution in [3.63, 3.8) is 0 Å². The maximum atomic E-state index is 5.31. The van der Waals surface area contributed by atoms with Crippen LogP contribution < -0.4 is 0 Å². The van der Waals surface area contributed by atoms with Crippen LogP contribution in [-0.2, 0) is 0 Å². The van der Waals surface area contributed by atoms with E-state index in [1.54, 1.807) is 0 Å². The van der Waals surface area contributed by atoms with Crippen LogP contribution in [0.3, 0.4) is 0 Å². The Kier molecular flexibility index (Phi) is 8.06. The Hall–Kier alpha value is -8.35. The van der Waals surface area contributed by atoms with Gasteiger partial charge < -0.3 is 4.57 Å². The van der Waals surface area contributed by atoms with Gasteiger partial charge in [0, 0.05) is 62.5 Å². The summed E-state index contributed by atoms with van der Waals surface area (Å²) in [5, 5.41) is 2.48. The van der Waals surface area contributed by atoms with E-state index >= 15 is 0 Å². The van der Waals surface area contributed by atoms with Crippen molar-refractivity contribution in [2.75, 3.05) is 0 Å². The van der Waals surface area contributed by atoms with Gasteiger partial charge in [0.25, 0.3) is 0 Å². The second-order valence-corrected chi connectivity index (χ2v) is 15.4. The second kappa shape index (κ2) is 14.2. The number of fused-ring (bicyclic) bond motifs is 5. The summed E-state index contributed by atoms with van der Waals surface area (Å²) in [7, 11) is 0. The minimum atomic E-state index is 0.848. The number of hydrogen-bond donors (Lipinski definition) is 0. The highest BCUT2D eigenvalue weighted by Gasteiger charge is 2.21. The lowest BCUT2D eigenvalue weighted by atomic mass is 9.97. The smallest absolute Gasteiger partial charge is 0.145 e. The number of para-hydroxylation sites is 8. The van der Waals surface area contributed by atoms with Gasteiger partial charge in [-0.25, -0.2) is 9.97 Å². The van der Waals surface area contributed by atoms with Crippen LogP contribution in [0.2, 0.25) is 0 Å².